The minimum Gasteiger partial charge on any atom is -0.340 e. The Morgan fingerprint density at radius 2 is 1.77 bits per heavy atom. The molecule has 0 atom stereocenters. The Hall–Kier alpha value is -2.62. The molecule has 0 spiro atoms. The van der Waals surface area contributed by atoms with Crippen molar-refractivity contribution in [1.82, 2.24) is 19.2 Å². The Morgan fingerprint density at radius 1 is 1.10 bits per heavy atom. The lowest BCUT2D eigenvalue weighted by atomic mass is 10.1. The van der Waals surface area contributed by atoms with E-state index in [2.05, 4.69) is 9.62 Å². The van der Waals surface area contributed by atoms with Gasteiger partial charge < -0.3 is 4.90 Å². The number of imidazole rings is 1. The van der Waals surface area contributed by atoms with Crippen LogP contribution < -0.4 is 4.72 Å². The summed E-state index contributed by atoms with van der Waals surface area (Å²) < 4.78 is 27.8. The number of aromatic nitrogens is 2. The van der Waals surface area contributed by atoms with Gasteiger partial charge in [-0.3, -0.25) is 18.8 Å². The maximum Gasteiger partial charge on any atom is 0.229 e. The highest BCUT2D eigenvalue weighted by atomic mass is 35.5. The molecule has 3 aromatic rings. The van der Waals surface area contributed by atoms with Gasteiger partial charge in [0, 0.05) is 56.4 Å². The molecule has 1 saturated heterocycles. The molecule has 0 bridgehead atoms. The van der Waals surface area contributed by atoms with E-state index in [4.69, 9.17) is 16.6 Å². The number of nitrogens with zero attached hydrogens (tertiary/aromatic N) is 4. The maximum atomic E-state index is 11.7. The second kappa shape index (κ2) is 8.49. The number of carbonyl (C=O) groups is 1. The Bertz CT molecular complexity index is 1220. The number of hydrogen-bond acceptors (Lipinski definition) is 5. The van der Waals surface area contributed by atoms with Crippen LogP contribution in [0.4, 0.5) is 5.69 Å². The zero-order chi connectivity index (χ0) is 22.2. The molecule has 1 fully saturated rings. The van der Waals surface area contributed by atoms with E-state index >= 15 is 0 Å². The standard InChI is InChI=1S/C21H24ClN5O3S/c1-15(28)26-11-9-25(10-12-26)14-19-21(16-3-5-17(22)6-4-16)23-20-8-7-18(13-27(19)20)24-31(2,29)30/h3-8,13,24H,9-12,14H2,1-2H3. The van der Waals surface area contributed by atoms with Crippen LogP contribution in [-0.2, 0) is 21.4 Å². The van der Waals surface area contributed by atoms with E-state index in [1.807, 2.05) is 33.6 Å². The van der Waals surface area contributed by atoms with Gasteiger partial charge in [-0.15, -0.1) is 0 Å². The molecule has 1 amide bonds. The van der Waals surface area contributed by atoms with Crippen LogP contribution in [0, 0.1) is 0 Å². The molecule has 1 N–H and O–H groups in total. The quantitative estimate of drug-likeness (QED) is 0.631. The molecule has 0 radical (unpaired) electrons. The smallest absolute Gasteiger partial charge is 0.229 e. The third kappa shape index (κ3) is 5.00. The van der Waals surface area contributed by atoms with Gasteiger partial charge in [0.05, 0.1) is 23.3 Å². The average molecular weight is 462 g/mol. The number of anilines is 1. The molecule has 3 heterocycles. The molecule has 0 saturated carbocycles. The largest absolute Gasteiger partial charge is 0.340 e. The Balaban J connectivity index is 1.73. The van der Waals surface area contributed by atoms with E-state index in [0.29, 0.717) is 30.3 Å². The molecule has 1 aliphatic rings. The predicted molar refractivity (Wildman–Crippen MR) is 122 cm³/mol. The van der Waals surface area contributed by atoms with E-state index < -0.39 is 10.0 Å². The third-order valence-corrected chi connectivity index (χ3v) is 6.19. The SMILES string of the molecule is CC(=O)N1CCN(Cc2c(-c3ccc(Cl)cc3)nc3ccc(NS(C)(=O)=O)cn23)CC1. The van der Waals surface area contributed by atoms with Crippen molar-refractivity contribution in [3.63, 3.8) is 0 Å². The Morgan fingerprint density at radius 3 is 2.39 bits per heavy atom. The molecule has 31 heavy (non-hydrogen) atoms. The number of fused-ring (bicyclic) bond motifs is 1. The number of halogens is 1. The number of hydrogen-bond donors (Lipinski definition) is 1. The number of rotatable bonds is 5. The monoisotopic (exact) mass is 461 g/mol. The first-order valence-electron chi connectivity index (χ1n) is 9.92. The summed E-state index contributed by atoms with van der Waals surface area (Å²) in [6, 6.07) is 11.0. The van der Waals surface area contributed by atoms with Crippen LogP contribution in [-0.4, -0.2) is 65.9 Å². The second-order valence-electron chi connectivity index (χ2n) is 7.72. The van der Waals surface area contributed by atoms with Gasteiger partial charge in [-0.05, 0) is 24.3 Å². The molecule has 8 nitrogen and oxygen atoms in total. The lowest BCUT2D eigenvalue weighted by Crippen LogP contribution is -2.47. The summed E-state index contributed by atoms with van der Waals surface area (Å²) in [7, 11) is -3.40. The summed E-state index contributed by atoms with van der Waals surface area (Å²) in [6.07, 6.45) is 2.88. The molecule has 4 rings (SSSR count). The van der Waals surface area contributed by atoms with E-state index in [9.17, 15) is 13.2 Å². The number of amides is 1. The van der Waals surface area contributed by atoms with E-state index in [0.717, 1.165) is 41.9 Å². The van der Waals surface area contributed by atoms with Gasteiger partial charge in [-0.2, -0.15) is 0 Å². The van der Waals surface area contributed by atoms with Gasteiger partial charge in [0.25, 0.3) is 0 Å². The van der Waals surface area contributed by atoms with Crippen LogP contribution in [0.15, 0.2) is 42.6 Å². The number of carbonyl (C=O) groups excluding carboxylic acids is 1. The maximum absolute atomic E-state index is 11.7. The van der Waals surface area contributed by atoms with E-state index in [-0.39, 0.29) is 5.91 Å². The summed E-state index contributed by atoms with van der Waals surface area (Å²) in [4.78, 5) is 20.6. The third-order valence-electron chi connectivity index (χ3n) is 5.33. The van der Waals surface area contributed by atoms with Crippen molar-refractivity contribution in [3.8, 4) is 11.3 Å². The van der Waals surface area contributed by atoms with Gasteiger partial charge in [0.15, 0.2) is 0 Å². The van der Waals surface area contributed by atoms with Gasteiger partial charge in [0.1, 0.15) is 5.65 Å². The molecule has 164 valence electrons. The fourth-order valence-electron chi connectivity index (χ4n) is 3.79. The lowest BCUT2D eigenvalue weighted by Gasteiger charge is -2.34. The minimum absolute atomic E-state index is 0.0906. The minimum atomic E-state index is -3.40. The van der Waals surface area contributed by atoms with Gasteiger partial charge in [-0.25, -0.2) is 13.4 Å². The molecule has 10 heteroatoms. The molecule has 1 aliphatic heterocycles. The number of pyridine rings is 1. The van der Waals surface area contributed by atoms with E-state index in [1.165, 1.54) is 0 Å². The molecule has 1 aromatic carbocycles. The highest BCUT2D eigenvalue weighted by Gasteiger charge is 2.22. The summed E-state index contributed by atoms with van der Waals surface area (Å²) >= 11 is 6.06. The van der Waals surface area contributed by atoms with Crippen molar-refractivity contribution in [3.05, 3.63) is 53.3 Å². The lowest BCUT2D eigenvalue weighted by molar-refractivity contribution is -0.130. The van der Waals surface area contributed by atoms with Crippen molar-refractivity contribution >= 4 is 38.9 Å². The summed E-state index contributed by atoms with van der Waals surface area (Å²) in [5.74, 6) is 0.0906. The van der Waals surface area contributed by atoms with Gasteiger partial charge >= 0.3 is 0 Å². The zero-order valence-electron chi connectivity index (χ0n) is 17.4. The Labute approximate surface area is 186 Å². The van der Waals surface area contributed by atoms with Crippen LogP contribution >= 0.6 is 11.6 Å². The number of benzene rings is 1. The van der Waals surface area contributed by atoms with Crippen molar-refractivity contribution in [2.45, 2.75) is 13.5 Å². The normalized spacial score (nSPS) is 15.4. The van der Waals surface area contributed by atoms with Crippen molar-refractivity contribution in [1.29, 1.82) is 0 Å². The van der Waals surface area contributed by atoms with Crippen LogP contribution in [0.1, 0.15) is 12.6 Å². The number of piperazine rings is 1. The predicted octanol–water partition coefficient (Wildman–Crippen LogP) is 2.69. The fraction of sp³-hybridized carbons (Fsp3) is 0.333. The number of nitrogens with one attached hydrogen (secondary N) is 1. The Kier molecular flexibility index (Phi) is 5.92. The topological polar surface area (TPSA) is 87.0 Å². The van der Waals surface area contributed by atoms with Crippen molar-refractivity contribution in [2.75, 3.05) is 37.2 Å². The average Bonchev–Trinajstić information content (AvgIpc) is 3.05. The summed E-state index contributed by atoms with van der Waals surface area (Å²) in [5, 5.41) is 0.647. The molecular formula is C21H24ClN5O3S. The first-order valence-corrected chi connectivity index (χ1v) is 12.2. The van der Waals surface area contributed by atoms with Gasteiger partial charge in [-0.1, -0.05) is 23.7 Å². The van der Waals surface area contributed by atoms with E-state index in [1.54, 1.807) is 25.3 Å². The summed E-state index contributed by atoms with van der Waals surface area (Å²) in [6.45, 7) is 5.09. The highest BCUT2D eigenvalue weighted by molar-refractivity contribution is 7.92. The van der Waals surface area contributed by atoms with Crippen LogP contribution in [0.2, 0.25) is 5.02 Å². The highest BCUT2D eigenvalue weighted by Crippen LogP contribution is 2.28. The van der Waals surface area contributed by atoms with Crippen molar-refractivity contribution < 1.29 is 13.2 Å². The fourth-order valence-corrected chi connectivity index (χ4v) is 4.47. The first-order chi connectivity index (χ1) is 14.7. The summed E-state index contributed by atoms with van der Waals surface area (Å²) in [5.41, 5.74) is 3.90. The zero-order valence-corrected chi connectivity index (χ0v) is 18.9. The first kappa shape index (κ1) is 21.6. The molecule has 2 aromatic heterocycles. The molecule has 0 unspecified atom stereocenters. The molecule has 0 aliphatic carbocycles. The number of sulfonamides is 1. The van der Waals surface area contributed by atoms with Crippen LogP contribution in [0.25, 0.3) is 16.9 Å². The molecular weight excluding hydrogens is 438 g/mol. The van der Waals surface area contributed by atoms with Gasteiger partial charge in [0.2, 0.25) is 15.9 Å². The van der Waals surface area contributed by atoms with Crippen LogP contribution in [0.3, 0.4) is 0 Å². The van der Waals surface area contributed by atoms with Crippen LogP contribution in [0.5, 0.6) is 0 Å². The van der Waals surface area contributed by atoms with Crippen molar-refractivity contribution in [2.24, 2.45) is 0 Å². The second-order valence-corrected chi connectivity index (χ2v) is 9.90.